The first-order valence-corrected chi connectivity index (χ1v) is 8.68. The zero-order valence-corrected chi connectivity index (χ0v) is 13.3. The summed E-state index contributed by atoms with van der Waals surface area (Å²) in [6.07, 6.45) is 8.49. The molecule has 2 amide bonds. The van der Waals surface area contributed by atoms with Crippen LogP contribution in [-0.4, -0.2) is 35.3 Å². The summed E-state index contributed by atoms with van der Waals surface area (Å²) in [5.74, 6) is 1.57. The van der Waals surface area contributed by atoms with Crippen molar-refractivity contribution in [1.82, 2.24) is 10.2 Å². The number of nitrogens with zero attached hydrogens (tertiary/aromatic N) is 1. The molecule has 2 unspecified atom stereocenters. The van der Waals surface area contributed by atoms with Gasteiger partial charge in [0.2, 0.25) is 11.8 Å². The van der Waals surface area contributed by atoms with Crippen LogP contribution in [0.2, 0.25) is 0 Å². The van der Waals surface area contributed by atoms with Gasteiger partial charge in [-0.3, -0.25) is 9.59 Å². The zero-order valence-electron chi connectivity index (χ0n) is 13.3. The summed E-state index contributed by atoms with van der Waals surface area (Å²) in [4.78, 5) is 27.1. The molecule has 3 fully saturated rings. The van der Waals surface area contributed by atoms with Gasteiger partial charge in [0, 0.05) is 6.54 Å². The topological polar surface area (TPSA) is 49.4 Å². The number of amides is 2. The van der Waals surface area contributed by atoms with Crippen LogP contribution >= 0.6 is 0 Å². The lowest BCUT2D eigenvalue weighted by Gasteiger charge is -2.41. The summed E-state index contributed by atoms with van der Waals surface area (Å²) in [6, 6.07) is -0.509. The van der Waals surface area contributed by atoms with E-state index in [9.17, 15) is 9.59 Å². The van der Waals surface area contributed by atoms with Crippen molar-refractivity contribution in [2.45, 2.75) is 70.9 Å². The van der Waals surface area contributed by atoms with Crippen LogP contribution in [0.3, 0.4) is 0 Å². The highest BCUT2D eigenvalue weighted by Gasteiger charge is 2.47. The molecule has 0 aromatic rings. The number of piperazine rings is 1. The van der Waals surface area contributed by atoms with E-state index in [4.69, 9.17) is 0 Å². The molecule has 1 heterocycles. The monoisotopic (exact) mass is 292 g/mol. The van der Waals surface area contributed by atoms with Crippen LogP contribution in [0.15, 0.2) is 0 Å². The Labute approximate surface area is 127 Å². The second kappa shape index (κ2) is 5.98. The zero-order chi connectivity index (χ0) is 15.0. The largest absolute Gasteiger partial charge is 0.342 e. The fourth-order valence-electron chi connectivity index (χ4n) is 4.04. The first-order valence-electron chi connectivity index (χ1n) is 8.68. The lowest BCUT2D eigenvalue weighted by molar-refractivity contribution is -0.152. The molecule has 3 aliphatic rings. The normalized spacial score (nSPS) is 31.1. The molecule has 4 heteroatoms. The number of hydrogen-bond acceptors (Lipinski definition) is 2. The molecule has 4 nitrogen and oxygen atoms in total. The van der Waals surface area contributed by atoms with Gasteiger partial charge < -0.3 is 10.2 Å². The smallest absolute Gasteiger partial charge is 0.246 e. The van der Waals surface area contributed by atoms with Gasteiger partial charge in [-0.05, 0) is 37.0 Å². The SMILES string of the molecule is CC(C)C1C(=O)NC(C2CC2)C(=O)N1CCC1CCCC1. The molecule has 0 radical (unpaired) electrons. The lowest BCUT2D eigenvalue weighted by atomic mass is 9.94. The van der Waals surface area contributed by atoms with Crippen molar-refractivity contribution in [3.05, 3.63) is 0 Å². The Morgan fingerprint density at radius 2 is 1.81 bits per heavy atom. The van der Waals surface area contributed by atoms with E-state index in [1.165, 1.54) is 25.7 Å². The summed E-state index contributed by atoms with van der Waals surface area (Å²) in [5, 5.41) is 2.99. The summed E-state index contributed by atoms with van der Waals surface area (Å²) in [6.45, 7) is 4.85. The van der Waals surface area contributed by atoms with Crippen LogP contribution in [-0.2, 0) is 9.59 Å². The van der Waals surface area contributed by atoms with Crippen LogP contribution in [0.5, 0.6) is 0 Å². The van der Waals surface area contributed by atoms with Crippen molar-refractivity contribution in [2.75, 3.05) is 6.54 Å². The third kappa shape index (κ3) is 3.09. The van der Waals surface area contributed by atoms with Crippen molar-refractivity contribution in [3.8, 4) is 0 Å². The number of rotatable bonds is 5. The average Bonchev–Trinajstić information content (AvgIpc) is 3.15. The number of nitrogens with one attached hydrogen (secondary N) is 1. The third-order valence-corrected chi connectivity index (χ3v) is 5.43. The van der Waals surface area contributed by atoms with Gasteiger partial charge >= 0.3 is 0 Å². The van der Waals surface area contributed by atoms with Crippen molar-refractivity contribution < 1.29 is 9.59 Å². The third-order valence-electron chi connectivity index (χ3n) is 5.43. The summed E-state index contributed by atoms with van der Waals surface area (Å²) in [7, 11) is 0. The molecule has 0 aromatic heterocycles. The predicted octanol–water partition coefficient (Wildman–Crippen LogP) is 2.33. The van der Waals surface area contributed by atoms with E-state index in [-0.39, 0.29) is 29.8 Å². The van der Waals surface area contributed by atoms with Crippen molar-refractivity contribution in [2.24, 2.45) is 17.8 Å². The second-order valence-corrected chi connectivity index (χ2v) is 7.48. The maximum atomic E-state index is 12.8. The number of carbonyl (C=O) groups excluding carboxylic acids is 2. The Morgan fingerprint density at radius 1 is 1.14 bits per heavy atom. The Kier molecular flexibility index (Phi) is 4.23. The summed E-state index contributed by atoms with van der Waals surface area (Å²) >= 11 is 0. The lowest BCUT2D eigenvalue weighted by Crippen LogP contribution is -2.65. The van der Waals surface area contributed by atoms with Gasteiger partial charge in [0.15, 0.2) is 0 Å². The second-order valence-electron chi connectivity index (χ2n) is 7.48. The molecule has 2 saturated carbocycles. The minimum absolute atomic E-state index is 0.0629. The van der Waals surface area contributed by atoms with E-state index in [0.29, 0.717) is 5.92 Å². The highest BCUT2D eigenvalue weighted by molar-refractivity contribution is 5.97. The first kappa shape index (κ1) is 14.9. The molecule has 0 aromatic carbocycles. The van der Waals surface area contributed by atoms with Gasteiger partial charge in [0.25, 0.3) is 0 Å². The van der Waals surface area contributed by atoms with Crippen molar-refractivity contribution in [1.29, 1.82) is 0 Å². The minimum atomic E-state index is -0.270. The van der Waals surface area contributed by atoms with Gasteiger partial charge in [-0.1, -0.05) is 39.5 Å². The van der Waals surface area contributed by atoms with Crippen LogP contribution in [0, 0.1) is 17.8 Å². The fourth-order valence-corrected chi connectivity index (χ4v) is 4.04. The molecule has 118 valence electrons. The molecule has 0 spiro atoms. The van der Waals surface area contributed by atoms with E-state index < -0.39 is 0 Å². The summed E-state index contributed by atoms with van der Waals surface area (Å²) in [5.41, 5.74) is 0. The van der Waals surface area contributed by atoms with Gasteiger partial charge in [-0.25, -0.2) is 0 Å². The molecule has 2 atom stereocenters. The maximum absolute atomic E-state index is 12.8. The molecule has 0 bridgehead atoms. The Morgan fingerprint density at radius 3 is 2.38 bits per heavy atom. The average molecular weight is 292 g/mol. The quantitative estimate of drug-likeness (QED) is 0.845. The van der Waals surface area contributed by atoms with Crippen molar-refractivity contribution in [3.63, 3.8) is 0 Å². The van der Waals surface area contributed by atoms with E-state index in [2.05, 4.69) is 5.32 Å². The van der Waals surface area contributed by atoms with Gasteiger partial charge in [0.05, 0.1) is 0 Å². The first-order chi connectivity index (χ1) is 10.1. The van der Waals surface area contributed by atoms with Crippen LogP contribution in [0.1, 0.15) is 58.8 Å². The van der Waals surface area contributed by atoms with E-state index in [1.807, 2.05) is 18.7 Å². The van der Waals surface area contributed by atoms with Gasteiger partial charge in [0.1, 0.15) is 12.1 Å². The highest BCUT2D eigenvalue weighted by Crippen LogP contribution is 2.36. The Balaban J connectivity index is 1.69. The van der Waals surface area contributed by atoms with Crippen molar-refractivity contribution >= 4 is 11.8 Å². The maximum Gasteiger partial charge on any atom is 0.246 e. The van der Waals surface area contributed by atoms with Gasteiger partial charge in [-0.15, -0.1) is 0 Å². The Bertz CT molecular complexity index is 411. The van der Waals surface area contributed by atoms with Crippen LogP contribution in [0.25, 0.3) is 0 Å². The molecule has 1 saturated heterocycles. The van der Waals surface area contributed by atoms with Crippen LogP contribution in [0.4, 0.5) is 0 Å². The highest BCUT2D eigenvalue weighted by atomic mass is 16.2. The molecule has 1 N–H and O–H groups in total. The number of hydrogen-bond donors (Lipinski definition) is 1. The molecular formula is C17H28N2O2. The summed E-state index contributed by atoms with van der Waals surface area (Å²) < 4.78 is 0. The van der Waals surface area contributed by atoms with E-state index in [0.717, 1.165) is 31.7 Å². The number of carbonyl (C=O) groups is 2. The predicted molar refractivity (Wildman–Crippen MR) is 81.6 cm³/mol. The molecule has 3 rings (SSSR count). The molecule has 1 aliphatic heterocycles. The van der Waals surface area contributed by atoms with E-state index in [1.54, 1.807) is 0 Å². The molecule has 21 heavy (non-hydrogen) atoms. The molecule has 2 aliphatic carbocycles. The minimum Gasteiger partial charge on any atom is -0.342 e. The fraction of sp³-hybridized carbons (Fsp3) is 0.882. The van der Waals surface area contributed by atoms with Gasteiger partial charge in [-0.2, -0.15) is 0 Å². The molecular weight excluding hydrogens is 264 g/mol. The van der Waals surface area contributed by atoms with Crippen LogP contribution < -0.4 is 5.32 Å². The standard InChI is InChI=1S/C17H28N2O2/c1-11(2)15-16(20)18-14(13-7-8-13)17(21)19(15)10-9-12-5-3-4-6-12/h11-15H,3-10H2,1-2H3,(H,18,20). The van der Waals surface area contributed by atoms with E-state index >= 15 is 0 Å². The Hall–Kier alpha value is -1.06.